The molecule has 1 heterocycles. The van der Waals surface area contributed by atoms with E-state index in [0.29, 0.717) is 5.54 Å². The SMILES string of the molecule is C=CCCN1CCCC12CCCC2. The quantitative estimate of drug-likeness (QED) is 0.602. The van der Waals surface area contributed by atoms with E-state index in [1.54, 1.807) is 0 Å². The number of hydrogen-bond acceptors (Lipinski definition) is 1. The zero-order valence-electron chi connectivity index (χ0n) is 8.60. The van der Waals surface area contributed by atoms with Crippen LogP contribution >= 0.6 is 0 Å². The minimum atomic E-state index is 0.642. The van der Waals surface area contributed by atoms with Crippen LogP contribution in [0.25, 0.3) is 0 Å². The normalized spacial score (nSPS) is 27.1. The molecule has 0 amide bonds. The molecule has 2 rings (SSSR count). The van der Waals surface area contributed by atoms with Crippen LogP contribution < -0.4 is 0 Å². The van der Waals surface area contributed by atoms with Crippen LogP contribution in [0.3, 0.4) is 0 Å². The van der Waals surface area contributed by atoms with Crippen molar-refractivity contribution in [1.29, 1.82) is 0 Å². The van der Waals surface area contributed by atoms with Gasteiger partial charge in [0.15, 0.2) is 0 Å². The highest BCUT2D eigenvalue weighted by Crippen LogP contribution is 2.42. The second kappa shape index (κ2) is 3.83. The summed E-state index contributed by atoms with van der Waals surface area (Å²) in [5.41, 5.74) is 0.642. The summed E-state index contributed by atoms with van der Waals surface area (Å²) in [5, 5.41) is 0. The fourth-order valence-corrected chi connectivity index (χ4v) is 3.19. The van der Waals surface area contributed by atoms with E-state index in [-0.39, 0.29) is 0 Å². The summed E-state index contributed by atoms with van der Waals surface area (Å²) >= 11 is 0. The maximum atomic E-state index is 3.81. The van der Waals surface area contributed by atoms with Crippen LogP contribution in [0.2, 0.25) is 0 Å². The second-order valence-electron chi connectivity index (χ2n) is 4.60. The second-order valence-corrected chi connectivity index (χ2v) is 4.60. The minimum absolute atomic E-state index is 0.642. The van der Waals surface area contributed by atoms with Gasteiger partial charge in [-0.15, -0.1) is 6.58 Å². The maximum absolute atomic E-state index is 3.81. The van der Waals surface area contributed by atoms with Crippen molar-refractivity contribution in [3.8, 4) is 0 Å². The average Bonchev–Trinajstić information content (AvgIpc) is 2.75. The van der Waals surface area contributed by atoms with Gasteiger partial charge >= 0.3 is 0 Å². The summed E-state index contributed by atoms with van der Waals surface area (Å²) in [5.74, 6) is 0. The Morgan fingerprint density at radius 3 is 2.54 bits per heavy atom. The smallest absolute Gasteiger partial charge is 0.0210 e. The lowest BCUT2D eigenvalue weighted by molar-refractivity contribution is 0.146. The molecular formula is C12H21N. The minimum Gasteiger partial charge on any atom is -0.297 e. The Kier molecular flexibility index (Phi) is 2.73. The van der Waals surface area contributed by atoms with E-state index in [9.17, 15) is 0 Å². The first-order chi connectivity index (χ1) is 6.37. The molecule has 0 aromatic rings. The fourth-order valence-electron chi connectivity index (χ4n) is 3.19. The first kappa shape index (κ1) is 9.26. The van der Waals surface area contributed by atoms with Gasteiger partial charge in [-0.3, -0.25) is 4.90 Å². The Labute approximate surface area is 81.8 Å². The summed E-state index contributed by atoms with van der Waals surface area (Å²) in [4.78, 5) is 2.74. The zero-order valence-corrected chi connectivity index (χ0v) is 8.60. The predicted molar refractivity (Wildman–Crippen MR) is 56.8 cm³/mol. The number of likely N-dealkylation sites (tertiary alicyclic amines) is 1. The van der Waals surface area contributed by atoms with Gasteiger partial charge in [-0.1, -0.05) is 18.9 Å². The van der Waals surface area contributed by atoms with Crippen LogP contribution in [0.5, 0.6) is 0 Å². The first-order valence-corrected chi connectivity index (χ1v) is 5.73. The Hall–Kier alpha value is -0.300. The Balaban J connectivity index is 1.96. The topological polar surface area (TPSA) is 3.24 Å². The summed E-state index contributed by atoms with van der Waals surface area (Å²) in [6, 6.07) is 0. The van der Waals surface area contributed by atoms with Crippen molar-refractivity contribution in [2.45, 2.75) is 50.5 Å². The van der Waals surface area contributed by atoms with Crippen molar-refractivity contribution < 1.29 is 0 Å². The Morgan fingerprint density at radius 2 is 1.85 bits per heavy atom. The van der Waals surface area contributed by atoms with Crippen molar-refractivity contribution in [3.63, 3.8) is 0 Å². The van der Waals surface area contributed by atoms with Crippen LogP contribution in [0.15, 0.2) is 12.7 Å². The van der Waals surface area contributed by atoms with E-state index in [0.717, 1.165) is 0 Å². The van der Waals surface area contributed by atoms with E-state index in [2.05, 4.69) is 17.6 Å². The van der Waals surface area contributed by atoms with E-state index >= 15 is 0 Å². The summed E-state index contributed by atoms with van der Waals surface area (Å²) in [7, 11) is 0. The molecule has 1 aliphatic heterocycles. The maximum Gasteiger partial charge on any atom is 0.0210 e. The van der Waals surface area contributed by atoms with Crippen LogP contribution in [0.1, 0.15) is 44.9 Å². The zero-order chi connectivity index (χ0) is 9.15. The molecular weight excluding hydrogens is 158 g/mol. The third kappa shape index (κ3) is 1.67. The fraction of sp³-hybridized carbons (Fsp3) is 0.833. The third-order valence-corrected chi connectivity index (χ3v) is 3.88. The number of hydrogen-bond donors (Lipinski definition) is 0. The van der Waals surface area contributed by atoms with Crippen molar-refractivity contribution in [1.82, 2.24) is 4.90 Å². The predicted octanol–water partition coefficient (Wildman–Crippen LogP) is 2.97. The van der Waals surface area contributed by atoms with E-state index < -0.39 is 0 Å². The lowest BCUT2D eigenvalue weighted by atomic mass is 9.94. The first-order valence-electron chi connectivity index (χ1n) is 5.73. The number of rotatable bonds is 3. The van der Waals surface area contributed by atoms with Gasteiger partial charge in [-0.05, 0) is 38.6 Å². The average molecular weight is 179 g/mol. The highest BCUT2D eigenvalue weighted by atomic mass is 15.2. The Bertz CT molecular complexity index is 174. The Morgan fingerprint density at radius 1 is 1.15 bits per heavy atom. The number of nitrogens with zero attached hydrogens (tertiary/aromatic N) is 1. The standard InChI is InChI=1S/C12H21N/c1-2-3-10-13-11-6-9-12(13)7-4-5-8-12/h2H,1,3-11H2. The van der Waals surface area contributed by atoms with Gasteiger partial charge in [0.25, 0.3) is 0 Å². The molecule has 2 aliphatic rings. The molecule has 1 nitrogen and oxygen atoms in total. The molecule has 2 fully saturated rings. The van der Waals surface area contributed by atoms with Crippen LogP contribution in [-0.4, -0.2) is 23.5 Å². The molecule has 0 aromatic heterocycles. The lowest BCUT2D eigenvalue weighted by Crippen LogP contribution is -2.41. The van der Waals surface area contributed by atoms with Gasteiger partial charge in [0.1, 0.15) is 0 Å². The molecule has 0 bridgehead atoms. The molecule has 13 heavy (non-hydrogen) atoms. The van der Waals surface area contributed by atoms with Gasteiger partial charge in [0.05, 0.1) is 0 Å². The molecule has 1 aliphatic carbocycles. The van der Waals surface area contributed by atoms with Gasteiger partial charge < -0.3 is 0 Å². The molecule has 74 valence electrons. The molecule has 0 unspecified atom stereocenters. The van der Waals surface area contributed by atoms with Gasteiger partial charge in [0, 0.05) is 12.1 Å². The van der Waals surface area contributed by atoms with E-state index in [1.807, 2.05) is 0 Å². The van der Waals surface area contributed by atoms with Crippen molar-refractivity contribution in [3.05, 3.63) is 12.7 Å². The van der Waals surface area contributed by atoms with Crippen LogP contribution in [0.4, 0.5) is 0 Å². The van der Waals surface area contributed by atoms with Crippen molar-refractivity contribution >= 4 is 0 Å². The van der Waals surface area contributed by atoms with Crippen LogP contribution in [0, 0.1) is 0 Å². The van der Waals surface area contributed by atoms with E-state index in [1.165, 1.54) is 58.0 Å². The monoisotopic (exact) mass is 179 g/mol. The molecule has 1 saturated heterocycles. The van der Waals surface area contributed by atoms with Gasteiger partial charge in [-0.2, -0.15) is 0 Å². The largest absolute Gasteiger partial charge is 0.297 e. The molecule has 0 radical (unpaired) electrons. The molecule has 1 heteroatoms. The molecule has 1 saturated carbocycles. The van der Waals surface area contributed by atoms with Crippen molar-refractivity contribution in [2.24, 2.45) is 0 Å². The summed E-state index contributed by atoms with van der Waals surface area (Å²) in [6.07, 6.45) is 12.0. The highest BCUT2D eigenvalue weighted by Gasteiger charge is 2.41. The van der Waals surface area contributed by atoms with Crippen LogP contribution in [-0.2, 0) is 0 Å². The molecule has 1 spiro atoms. The molecule has 0 atom stereocenters. The highest BCUT2D eigenvalue weighted by molar-refractivity contribution is 4.99. The van der Waals surface area contributed by atoms with Crippen molar-refractivity contribution in [2.75, 3.05) is 13.1 Å². The summed E-state index contributed by atoms with van der Waals surface area (Å²) in [6.45, 7) is 6.40. The lowest BCUT2D eigenvalue weighted by Gasteiger charge is -2.34. The molecule has 0 N–H and O–H groups in total. The van der Waals surface area contributed by atoms with Gasteiger partial charge in [0.2, 0.25) is 0 Å². The van der Waals surface area contributed by atoms with Gasteiger partial charge in [-0.25, -0.2) is 0 Å². The summed E-state index contributed by atoms with van der Waals surface area (Å²) < 4.78 is 0. The molecule has 0 aromatic carbocycles. The third-order valence-electron chi connectivity index (χ3n) is 3.88. The van der Waals surface area contributed by atoms with E-state index in [4.69, 9.17) is 0 Å².